The average Bonchev–Trinajstić information content (AvgIpc) is 2.88. The molecular weight excluding hydrogens is 386 g/mol. The van der Waals surface area contributed by atoms with Gasteiger partial charge in [-0.3, -0.25) is 9.48 Å². The molecule has 0 radical (unpaired) electrons. The third-order valence-corrected chi connectivity index (χ3v) is 5.42. The number of carbonyl (C=O) groups is 1. The summed E-state index contributed by atoms with van der Waals surface area (Å²) in [4.78, 5) is 24.2. The number of carboxylic acid groups (broad SMARTS) is 1. The first-order chi connectivity index (χ1) is 12.8. The average molecular weight is 406 g/mol. The lowest BCUT2D eigenvalue weighted by atomic mass is 10.1. The normalized spacial score (nSPS) is 11.3. The van der Waals surface area contributed by atoms with Crippen molar-refractivity contribution in [2.24, 2.45) is 0 Å². The standard InChI is InChI=1S/C19H20ClN3O3S/c1-11-17(20)12(2)23(21-11)9-13-4-5-16-14(8-13)18(24)15(19(25)26)10-22(16)6-3-7-27/h4-5,8,10,27H,3,6-7,9H2,1-2H3,(H,25,26). The van der Waals surface area contributed by atoms with Crippen LogP contribution in [0, 0.1) is 13.8 Å². The highest BCUT2D eigenvalue weighted by Gasteiger charge is 2.16. The molecule has 8 heteroatoms. The second-order valence-corrected chi connectivity index (χ2v) is 7.27. The van der Waals surface area contributed by atoms with Crippen molar-refractivity contribution < 1.29 is 9.90 Å². The third kappa shape index (κ3) is 3.75. The molecule has 2 heterocycles. The van der Waals surface area contributed by atoms with Crippen LogP contribution < -0.4 is 5.43 Å². The van der Waals surface area contributed by atoms with Gasteiger partial charge in [0, 0.05) is 18.1 Å². The molecule has 27 heavy (non-hydrogen) atoms. The molecule has 3 rings (SSSR count). The van der Waals surface area contributed by atoms with Crippen LogP contribution in [0.25, 0.3) is 10.9 Å². The summed E-state index contributed by atoms with van der Waals surface area (Å²) in [6.07, 6.45) is 2.18. The number of aromatic nitrogens is 3. The fraction of sp³-hybridized carbons (Fsp3) is 0.316. The van der Waals surface area contributed by atoms with Gasteiger partial charge in [-0.05, 0) is 43.7 Å². The summed E-state index contributed by atoms with van der Waals surface area (Å²) in [5, 5.41) is 14.8. The van der Waals surface area contributed by atoms with E-state index in [1.807, 2.05) is 26.0 Å². The van der Waals surface area contributed by atoms with Gasteiger partial charge in [0.15, 0.2) is 0 Å². The molecule has 0 aliphatic heterocycles. The fourth-order valence-corrected chi connectivity index (χ4v) is 3.40. The molecule has 1 aromatic carbocycles. The van der Waals surface area contributed by atoms with Crippen LogP contribution in [0.15, 0.2) is 29.2 Å². The second kappa shape index (κ2) is 7.78. The SMILES string of the molecule is Cc1nn(Cc2ccc3c(c2)c(=O)c(C(=O)O)cn3CCCS)c(C)c1Cl. The van der Waals surface area contributed by atoms with Crippen molar-refractivity contribution in [1.82, 2.24) is 14.3 Å². The zero-order valence-corrected chi connectivity index (χ0v) is 16.7. The lowest BCUT2D eigenvalue weighted by Gasteiger charge is -2.13. The Morgan fingerprint density at radius 1 is 1.33 bits per heavy atom. The van der Waals surface area contributed by atoms with Crippen molar-refractivity contribution in [1.29, 1.82) is 0 Å². The van der Waals surface area contributed by atoms with E-state index in [1.54, 1.807) is 15.3 Å². The Bertz CT molecular complexity index is 1090. The van der Waals surface area contributed by atoms with Gasteiger partial charge in [0.2, 0.25) is 5.43 Å². The quantitative estimate of drug-likeness (QED) is 0.615. The van der Waals surface area contributed by atoms with Crippen molar-refractivity contribution >= 4 is 41.1 Å². The number of rotatable bonds is 6. The van der Waals surface area contributed by atoms with Crippen LogP contribution in [-0.4, -0.2) is 31.2 Å². The maximum Gasteiger partial charge on any atom is 0.341 e. The Labute approximate surface area is 166 Å². The molecule has 0 saturated carbocycles. The van der Waals surface area contributed by atoms with Crippen LogP contribution >= 0.6 is 24.2 Å². The molecule has 1 N–H and O–H groups in total. The van der Waals surface area contributed by atoms with Crippen molar-refractivity contribution in [2.45, 2.75) is 33.4 Å². The van der Waals surface area contributed by atoms with Gasteiger partial charge in [-0.25, -0.2) is 4.79 Å². The van der Waals surface area contributed by atoms with Gasteiger partial charge in [-0.15, -0.1) is 0 Å². The number of carboxylic acids is 1. The first-order valence-electron chi connectivity index (χ1n) is 8.53. The van der Waals surface area contributed by atoms with Gasteiger partial charge in [0.1, 0.15) is 5.56 Å². The Balaban J connectivity index is 2.12. The minimum Gasteiger partial charge on any atom is -0.477 e. The first kappa shape index (κ1) is 19.5. The molecule has 6 nitrogen and oxygen atoms in total. The molecule has 3 aromatic rings. The smallest absolute Gasteiger partial charge is 0.341 e. The lowest BCUT2D eigenvalue weighted by Crippen LogP contribution is -2.19. The van der Waals surface area contributed by atoms with Crippen molar-refractivity contribution in [3.8, 4) is 0 Å². The zero-order valence-electron chi connectivity index (χ0n) is 15.1. The number of thiol groups is 1. The summed E-state index contributed by atoms with van der Waals surface area (Å²) in [5.41, 5.74) is 2.45. The van der Waals surface area contributed by atoms with E-state index in [-0.39, 0.29) is 5.56 Å². The van der Waals surface area contributed by atoms with E-state index in [0.717, 1.165) is 23.4 Å². The van der Waals surface area contributed by atoms with Crippen LogP contribution in [0.2, 0.25) is 5.02 Å². The number of pyridine rings is 1. The van der Waals surface area contributed by atoms with E-state index in [4.69, 9.17) is 11.6 Å². The number of benzene rings is 1. The monoisotopic (exact) mass is 405 g/mol. The summed E-state index contributed by atoms with van der Waals surface area (Å²) >= 11 is 10.4. The fourth-order valence-electron chi connectivity index (χ4n) is 3.12. The van der Waals surface area contributed by atoms with Crippen molar-refractivity contribution in [3.05, 3.63) is 62.2 Å². The summed E-state index contributed by atoms with van der Waals surface area (Å²) in [6.45, 7) is 4.76. The Kier molecular flexibility index (Phi) is 5.62. The second-order valence-electron chi connectivity index (χ2n) is 6.44. The Hall–Kier alpha value is -2.25. The highest BCUT2D eigenvalue weighted by molar-refractivity contribution is 7.80. The van der Waals surface area contributed by atoms with Crippen LogP contribution in [0.4, 0.5) is 0 Å². The van der Waals surface area contributed by atoms with E-state index < -0.39 is 11.4 Å². The molecule has 0 saturated heterocycles. The van der Waals surface area contributed by atoms with Gasteiger partial charge in [0.25, 0.3) is 0 Å². The number of hydrogen-bond acceptors (Lipinski definition) is 4. The highest BCUT2D eigenvalue weighted by Crippen LogP contribution is 2.21. The van der Waals surface area contributed by atoms with Crippen LogP contribution in [-0.2, 0) is 13.1 Å². The topological polar surface area (TPSA) is 77.1 Å². The molecule has 0 fully saturated rings. The number of hydrogen-bond donors (Lipinski definition) is 2. The number of nitrogens with zero attached hydrogens (tertiary/aromatic N) is 3. The van der Waals surface area contributed by atoms with E-state index in [2.05, 4.69) is 17.7 Å². The van der Waals surface area contributed by atoms with E-state index in [9.17, 15) is 14.7 Å². The number of halogens is 1. The van der Waals surface area contributed by atoms with Crippen LogP contribution in [0.3, 0.4) is 0 Å². The van der Waals surface area contributed by atoms with E-state index in [0.29, 0.717) is 34.8 Å². The third-order valence-electron chi connectivity index (χ3n) is 4.56. The highest BCUT2D eigenvalue weighted by atomic mass is 35.5. The summed E-state index contributed by atoms with van der Waals surface area (Å²) < 4.78 is 3.58. The summed E-state index contributed by atoms with van der Waals surface area (Å²) in [5.74, 6) is -0.551. The minimum atomic E-state index is -1.22. The zero-order chi connectivity index (χ0) is 19.7. The maximum absolute atomic E-state index is 12.7. The van der Waals surface area contributed by atoms with Gasteiger partial charge >= 0.3 is 5.97 Å². The Morgan fingerprint density at radius 2 is 2.07 bits per heavy atom. The molecule has 142 valence electrons. The van der Waals surface area contributed by atoms with Gasteiger partial charge in [0.05, 0.1) is 28.5 Å². The molecule has 0 unspecified atom stereocenters. The molecule has 0 aliphatic carbocycles. The Morgan fingerprint density at radius 3 is 2.67 bits per heavy atom. The molecule has 0 bridgehead atoms. The lowest BCUT2D eigenvalue weighted by molar-refractivity contribution is 0.0695. The first-order valence-corrected chi connectivity index (χ1v) is 9.54. The molecule has 2 aromatic heterocycles. The van der Waals surface area contributed by atoms with Crippen LogP contribution in [0.1, 0.15) is 33.7 Å². The molecule has 0 atom stereocenters. The molecule has 0 aliphatic rings. The number of aromatic carboxylic acids is 1. The predicted octanol–water partition coefficient (Wildman–Crippen LogP) is 3.53. The molecule has 0 spiro atoms. The molecule has 0 amide bonds. The van der Waals surface area contributed by atoms with Gasteiger partial charge in [-0.1, -0.05) is 17.7 Å². The molecular formula is C19H20ClN3O3S. The van der Waals surface area contributed by atoms with E-state index >= 15 is 0 Å². The number of aryl methyl sites for hydroxylation is 2. The predicted molar refractivity (Wildman–Crippen MR) is 109 cm³/mol. The van der Waals surface area contributed by atoms with Crippen LogP contribution in [0.5, 0.6) is 0 Å². The largest absolute Gasteiger partial charge is 0.477 e. The van der Waals surface area contributed by atoms with Crippen molar-refractivity contribution in [2.75, 3.05) is 5.75 Å². The minimum absolute atomic E-state index is 0.229. The van der Waals surface area contributed by atoms with Gasteiger partial charge < -0.3 is 9.67 Å². The maximum atomic E-state index is 12.7. The van der Waals surface area contributed by atoms with Gasteiger partial charge in [-0.2, -0.15) is 17.7 Å². The summed E-state index contributed by atoms with van der Waals surface area (Å²) in [7, 11) is 0. The van der Waals surface area contributed by atoms with Crippen molar-refractivity contribution in [3.63, 3.8) is 0 Å². The van der Waals surface area contributed by atoms with E-state index in [1.165, 1.54) is 6.20 Å². The number of fused-ring (bicyclic) bond motifs is 1. The summed E-state index contributed by atoms with van der Waals surface area (Å²) in [6, 6.07) is 5.51.